The zero-order chi connectivity index (χ0) is 12.1. The van der Waals surface area contributed by atoms with Crippen molar-refractivity contribution >= 4 is 0 Å². The molecule has 2 aliphatic rings. The van der Waals surface area contributed by atoms with E-state index in [1.54, 1.807) is 0 Å². The van der Waals surface area contributed by atoms with Crippen molar-refractivity contribution in [1.29, 1.82) is 0 Å². The normalized spacial score (nSPS) is 32.1. The van der Waals surface area contributed by atoms with Crippen LogP contribution in [0.15, 0.2) is 0 Å². The van der Waals surface area contributed by atoms with E-state index in [0.717, 1.165) is 18.4 Å². The van der Waals surface area contributed by atoms with Crippen molar-refractivity contribution in [2.45, 2.75) is 58.4 Å². The van der Waals surface area contributed by atoms with Gasteiger partial charge in [0.1, 0.15) is 0 Å². The van der Waals surface area contributed by atoms with Crippen LogP contribution in [0.5, 0.6) is 0 Å². The van der Waals surface area contributed by atoms with Gasteiger partial charge in [-0.15, -0.1) is 0 Å². The van der Waals surface area contributed by atoms with Gasteiger partial charge in [0.25, 0.3) is 0 Å². The van der Waals surface area contributed by atoms with Gasteiger partial charge in [0.15, 0.2) is 0 Å². The first-order valence-electron chi connectivity index (χ1n) is 7.75. The third-order valence-electron chi connectivity index (χ3n) is 4.81. The van der Waals surface area contributed by atoms with Crippen LogP contribution in [0.2, 0.25) is 0 Å². The summed E-state index contributed by atoms with van der Waals surface area (Å²) in [6.45, 7) is 9.67. The minimum Gasteiger partial charge on any atom is -0.314 e. The quantitative estimate of drug-likeness (QED) is 0.792. The molecule has 0 bridgehead atoms. The SMILES string of the molecule is CCNC(C)CCN1CCC2CCCCC2C1. The van der Waals surface area contributed by atoms with Gasteiger partial charge >= 0.3 is 0 Å². The molecule has 2 rings (SSSR count). The Bertz CT molecular complexity index is 217. The number of hydrogen-bond acceptors (Lipinski definition) is 2. The van der Waals surface area contributed by atoms with Gasteiger partial charge in [-0.3, -0.25) is 0 Å². The summed E-state index contributed by atoms with van der Waals surface area (Å²) >= 11 is 0. The summed E-state index contributed by atoms with van der Waals surface area (Å²) in [6.07, 6.45) is 8.79. The molecule has 0 amide bonds. The van der Waals surface area contributed by atoms with Crippen LogP contribution in [0.25, 0.3) is 0 Å². The van der Waals surface area contributed by atoms with E-state index in [0.29, 0.717) is 6.04 Å². The van der Waals surface area contributed by atoms with Gasteiger partial charge in [-0.25, -0.2) is 0 Å². The van der Waals surface area contributed by atoms with Gasteiger partial charge < -0.3 is 10.2 Å². The average Bonchev–Trinajstić information content (AvgIpc) is 2.36. The predicted molar refractivity (Wildman–Crippen MR) is 74.3 cm³/mol. The van der Waals surface area contributed by atoms with Gasteiger partial charge in [-0.05, 0) is 57.7 Å². The predicted octanol–water partition coefficient (Wildman–Crippen LogP) is 2.89. The summed E-state index contributed by atoms with van der Waals surface area (Å²) in [7, 11) is 0. The number of piperidine rings is 1. The molecule has 3 unspecified atom stereocenters. The first kappa shape index (κ1) is 13.4. The Morgan fingerprint density at radius 1 is 1.18 bits per heavy atom. The Balaban J connectivity index is 1.68. The van der Waals surface area contributed by atoms with E-state index in [1.165, 1.54) is 58.2 Å². The molecule has 2 fully saturated rings. The minimum atomic E-state index is 0.684. The van der Waals surface area contributed by atoms with Crippen molar-refractivity contribution in [1.82, 2.24) is 10.2 Å². The van der Waals surface area contributed by atoms with E-state index in [1.807, 2.05) is 0 Å². The van der Waals surface area contributed by atoms with Crippen LogP contribution in [0, 0.1) is 11.8 Å². The molecule has 2 nitrogen and oxygen atoms in total. The number of likely N-dealkylation sites (tertiary alicyclic amines) is 1. The highest BCUT2D eigenvalue weighted by Crippen LogP contribution is 2.35. The van der Waals surface area contributed by atoms with Crippen molar-refractivity contribution in [2.75, 3.05) is 26.2 Å². The molecule has 1 heterocycles. The van der Waals surface area contributed by atoms with Crippen LogP contribution in [-0.4, -0.2) is 37.1 Å². The summed E-state index contributed by atoms with van der Waals surface area (Å²) < 4.78 is 0. The Morgan fingerprint density at radius 2 is 1.94 bits per heavy atom. The number of rotatable bonds is 5. The Hall–Kier alpha value is -0.0800. The largest absolute Gasteiger partial charge is 0.314 e. The highest BCUT2D eigenvalue weighted by Gasteiger charge is 2.30. The summed E-state index contributed by atoms with van der Waals surface area (Å²) in [6, 6.07) is 0.684. The van der Waals surface area contributed by atoms with Crippen molar-refractivity contribution in [3.8, 4) is 0 Å². The summed E-state index contributed by atoms with van der Waals surface area (Å²) in [5, 5.41) is 3.51. The molecule has 1 N–H and O–H groups in total. The highest BCUT2D eigenvalue weighted by atomic mass is 15.1. The van der Waals surface area contributed by atoms with E-state index in [2.05, 4.69) is 24.1 Å². The van der Waals surface area contributed by atoms with E-state index in [-0.39, 0.29) is 0 Å². The topological polar surface area (TPSA) is 15.3 Å². The minimum absolute atomic E-state index is 0.684. The molecule has 100 valence electrons. The summed E-state index contributed by atoms with van der Waals surface area (Å²) in [4.78, 5) is 2.72. The van der Waals surface area contributed by atoms with Crippen LogP contribution >= 0.6 is 0 Å². The molecule has 1 aliphatic heterocycles. The van der Waals surface area contributed by atoms with Gasteiger partial charge in [-0.2, -0.15) is 0 Å². The molecule has 0 spiro atoms. The molecule has 3 atom stereocenters. The van der Waals surface area contributed by atoms with E-state index in [4.69, 9.17) is 0 Å². The highest BCUT2D eigenvalue weighted by molar-refractivity contribution is 4.83. The molecule has 17 heavy (non-hydrogen) atoms. The van der Waals surface area contributed by atoms with Crippen molar-refractivity contribution in [3.05, 3.63) is 0 Å². The second kappa shape index (κ2) is 6.75. The fraction of sp³-hybridized carbons (Fsp3) is 1.00. The maximum atomic E-state index is 3.51. The third kappa shape index (κ3) is 3.96. The molecule has 2 heteroatoms. The van der Waals surface area contributed by atoms with Gasteiger partial charge in [0, 0.05) is 12.6 Å². The summed E-state index contributed by atoms with van der Waals surface area (Å²) in [5.41, 5.74) is 0. The second-order valence-electron chi connectivity index (χ2n) is 6.14. The number of nitrogens with zero attached hydrogens (tertiary/aromatic N) is 1. The van der Waals surface area contributed by atoms with Crippen molar-refractivity contribution < 1.29 is 0 Å². The molecular formula is C15H30N2. The molecule has 0 aromatic heterocycles. The molecule has 1 saturated heterocycles. The second-order valence-corrected chi connectivity index (χ2v) is 6.14. The smallest absolute Gasteiger partial charge is 0.00507 e. The van der Waals surface area contributed by atoms with Gasteiger partial charge in [0.2, 0.25) is 0 Å². The fourth-order valence-electron chi connectivity index (χ4n) is 3.71. The zero-order valence-electron chi connectivity index (χ0n) is 11.8. The lowest BCUT2D eigenvalue weighted by Crippen LogP contribution is -2.43. The lowest BCUT2D eigenvalue weighted by molar-refractivity contribution is 0.0844. The maximum Gasteiger partial charge on any atom is 0.00507 e. The van der Waals surface area contributed by atoms with Crippen LogP contribution < -0.4 is 5.32 Å². The standard InChI is InChI=1S/C15H30N2/c1-3-16-13(2)8-10-17-11-9-14-6-4-5-7-15(14)12-17/h13-16H,3-12H2,1-2H3. The number of nitrogens with one attached hydrogen (secondary N) is 1. The molecule has 0 aromatic rings. The van der Waals surface area contributed by atoms with Gasteiger partial charge in [0.05, 0.1) is 0 Å². The van der Waals surface area contributed by atoms with Crippen molar-refractivity contribution in [3.63, 3.8) is 0 Å². The van der Waals surface area contributed by atoms with Crippen LogP contribution in [0.3, 0.4) is 0 Å². The maximum absolute atomic E-state index is 3.51. The van der Waals surface area contributed by atoms with Crippen LogP contribution in [0.4, 0.5) is 0 Å². The molecule has 0 aromatic carbocycles. The van der Waals surface area contributed by atoms with E-state index in [9.17, 15) is 0 Å². The van der Waals surface area contributed by atoms with Crippen LogP contribution in [-0.2, 0) is 0 Å². The van der Waals surface area contributed by atoms with E-state index >= 15 is 0 Å². The lowest BCUT2D eigenvalue weighted by Gasteiger charge is -2.41. The summed E-state index contributed by atoms with van der Waals surface area (Å²) in [5.74, 6) is 2.11. The molecule has 1 aliphatic carbocycles. The van der Waals surface area contributed by atoms with E-state index < -0.39 is 0 Å². The Kier molecular flexibility index (Phi) is 5.30. The molecule has 0 radical (unpaired) electrons. The lowest BCUT2D eigenvalue weighted by atomic mass is 9.75. The van der Waals surface area contributed by atoms with Crippen molar-refractivity contribution in [2.24, 2.45) is 11.8 Å². The zero-order valence-corrected chi connectivity index (χ0v) is 11.8. The fourth-order valence-corrected chi connectivity index (χ4v) is 3.71. The third-order valence-corrected chi connectivity index (χ3v) is 4.81. The average molecular weight is 238 g/mol. The number of fused-ring (bicyclic) bond motifs is 1. The molecular weight excluding hydrogens is 208 g/mol. The number of hydrogen-bond donors (Lipinski definition) is 1. The Labute approximate surface area is 107 Å². The van der Waals surface area contributed by atoms with Gasteiger partial charge in [-0.1, -0.05) is 26.2 Å². The van der Waals surface area contributed by atoms with Crippen LogP contribution in [0.1, 0.15) is 52.4 Å². The Morgan fingerprint density at radius 3 is 2.71 bits per heavy atom. The first-order chi connectivity index (χ1) is 8.29. The monoisotopic (exact) mass is 238 g/mol. The molecule has 1 saturated carbocycles. The first-order valence-corrected chi connectivity index (χ1v) is 7.75.